The van der Waals surface area contributed by atoms with Crippen LogP contribution >= 0.6 is 11.8 Å². The van der Waals surface area contributed by atoms with E-state index in [0.29, 0.717) is 6.04 Å². The van der Waals surface area contributed by atoms with Crippen molar-refractivity contribution in [1.29, 1.82) is 0 Å². The zero-order valence-corrected chi connectivity index (χ0v) is 12.7. The Kier molecular flexibility index (Phi) is 4.32. The van der Waals surface area contributed by atoms with Gasteiger partial charge in [-0.05, 0) is 36.3 Å². The second kappa shape index (κ2) is 6.19. The molecule has 1 aromatic carbocycles. The number of carbonyl (C=O) groups is 1. The van der Waals surface area contributed by atoms with Gasteiger partial charge < -0.3 is 4.90 Å². The van der Waals surface area contributed by atoms with Crippen LogP contribution in [0.5, 0.6) is 0 Å². The number of hydrogen-bond acceptors (Lipinski definition) is 3. The van der Waals surface area contributed by atoms with Crippen LogP contribution in [-0.2, 0) is 4.79 Å². The minimum absolute atomic E-state index is 0.157. The number of nitrogens with zero attached hydrogens (tertiary/aromatic N) is 1. The standard InChI is InChI=1S/C16H22N2OS/c1-2-14-17-15(12-6-4-3-5-7-12)16(19)18(14)13-8-10-20-11-9-13/h3-7,13-15,17H,2,8-11H2,1H3. The molecule has 1 N–H and O–H groups in total. The molecule has 3 nitrogen and oxygen atoms in total. The molecule has 2 aliphatic rings. The van der Waals surface area contributed by atoms with Gasteiger partial charge in [0.15, 0.2) is 0 Å². The van der Waals surface area contributed by atoms with Gasteiger partial charge in [0, 0.05) is 6.04 Å². The topological polar surface area (TPSA) is 32.3 Å². The molecular weight excluding hydrogens is 268 g/mol. The molecule has 0 saturated carbocycles. The minimum atomic E-state index is -0.157. The van der Waals surface area contributed by atoms with Crippen molar-refractivity contribution in [1.82, 2.24) is 10.2 Å². The van der Waals surface area contributed by atoms with E-state index in [9.17, 15) is 4.79 Å². The maximum absolute atomic E-state index is 12.8. The Hall–Kier alpha value is -1.00. The fourth-order valence-electron chi connectivity index (χ4n) is 3.24. The smallest absolute Gasteiger partial charge is 0.245 e. The first kappa shape index (κ1) is 14.0. The molecule has 0 aromatic heterocycles. The summed E-state index contributed by atoms with van der Waals surface area (Å²) in [5.74, 6) is 2.63. The molecule has 0 aliphatic carbocycles. The van der Waals surface area contributed by atoms with Gasteiger partial charge in [0.2, 0.25) is 5.91 Å². The van der Waals surface area contributed by atoms with Crippen molar-refractivity contribution in [3.63, 3.8) is 0 Å². The SMILES string of the molecule is CCC1NC(c2ccccc2)C(=O)N1C1CCSCC1. The van der Waals surface area contributed by atoms with Crippen LogP contribution in [0.2, 0.25) is 0 Å². The summed E-state index contributed by atoms with van der Waals surface area (Å²) >= 11 is 2.01. The van der Waals surface area contributed by atoms with Crippen molar-refractivity contribution in [2.45, 2.75) is 44.4 Å². The average molecular weight is 290 g/mol. The van der Waals surface area contributed by atoms with E-state index in [4.69, 9.17) is 0 Å². The van der Waals surface area contributed by atoms with E-state index in [2.05, 4.69) is 17.1 Å². The summed E-state index contributed by atoms with van der Waals surface area (Å²) in [7, 11) is 0. The first-order valence-electron chi connectivity index (χ1n) is 7.52. The van der Waals surface area contributed by atoms with E-state index < -0.39 is 0 Å². The van der Waals surface area contributed by atoms with Crippen molar-refractivity contribution in [3.05, 3.63) is 35.9 Å². The predicted molar refractivity (Wildman–Crippen MR) is 83.6 cm³/mol. The third-order valence-corrected chi connectivity index (χ3v) is 5.35. The molecule has 2 atom stereocenters. The maximum atomic E-state index is 12.8. The quantitative estimate of drug-likeness (QED) is 0.929. The molecule has 0 radical (unpaired) electrons. The third-order valence-electron chi connectivity index (χ3n) is 4.30. The van der Waals surface area contributed by atoms with E-state index in [1.165, 1.54) is 11.5 Å². The van der Waals surface area contributed by atoms with E-state index in [1.54, 1.807) is 0 Å². The van der Waals surface area contributed by atoms with Crippen molar-refractivity contribution in [2.24, 2.45) is 0 Å². The van der Waals surface area contributed by atoms with Gasteiger partial charge in [-0.25, -0.2) is 0 Å². The van der Waals surface area contributed by atoms with Crippen LogP contribution < -0.4 is 5.32 Å². The highest BCUT2D eigenvalue weighted by Gasteiger charge is 2.42. The highest BCUT2D eigenvalue weighted by molar-refractivity contribution is 7.99. The summed E-state index contributed by atoms with van der Waals surface area (Å²) in [4.78, 5) is 15.0. The van der Waals surface area contributed by atoms with Crippen molar-refractivity contribution >= 4 is 17.7 Å². The monoisotopic (exact) mass is 290 g/mol. The molecular formula is C16H22N2OS. The summed E-state index contributed by atoms with van der Waals surface area (Å²) in [5, 5.41) is 3.52. The van der Waals surface area contributed by atoms with Gasteiger partial charge in [0.1, 0.15) is 6.04 Å². The number of rotatable bonds is 3. The lowest BCUT2D eigenvalue weighted by atomic mass is 10.1. The largest absolute Gasteiger partial charge is 0.322 e. The number of amides is 1. The Morgan fingerprint density at radius 3 is 2.60 bits per heavy atom. The van der Waals surface area contributed by atoms with Crippen LogP contribution in [0, 0.1) is 0 Å². The first-order chi connectivity index (χ1) is 9.81. The number of nitrogens with one attached hydrogen (secondary N) is 1. The molecule has 20 heavy (non-hydrogen) atoms. The molecule has 108 valence electrons. The average Bonchev–Trinajstić information content (AvgIpc) is 2.86. The number of benzene rings is 1. The van der Waals surface area contributed by atoms with Crippen LogP contribution in [0.25, 0.3) is 0 Å². The molecule has 1 amide bonds. The Balaban J connectivity index is 1.81. The van der Waals surface area contributed by atoms with Gasteiger partial charge in [-0.1, -0.05) is 37.3 Å². The van der Waals surface area contributed by atoms with E-state index in [0.717, 1.165) is 24.8 Å². The lowest BCUT2D eigenvalue weighted by Crippen LogP contribution is -2.45. The fraction of sp³-hybridized carbons (Fsp3) is 0.562. The molecule has 2 heterocycles. The Labute approximate surface area is 125 Å². The van der Waals surface area contributed by atoms with Crippen LogP contribution in [0.3, 0.4) is 0 Å². The molecule has 2 fully saturated rings. The van der Waals surface area contributed by atoms with Gasteiger partial charge in [0.25, 0.3) is 0 Å². The molecule has 2 unspecified atom stereocenters. The summed E-state index contributed by atoms with van der Waals surface area (Å²) in [6.07, 6.45) is 3.44. The molecule has 0 spiro atoms. The highest BCUT2D eigenvalue weighted by Crippen LogP contribution is 2.31. The summed E-state index contributed by atoms with van der Waals surface area (Å²) in [6, 6.07) is 10.4. The van der Waals surface area contributed by atoms with Crippen LogP contribution in [-0.4, -0.2) is 34.5 Å². The van der Waals surface area contributed by atoms with Gasteiger partial charge in [-0.2, -0.15) is 11.8 Å². The zero-order chi connectivity index (χ0) is 13.9. The molecule has 2 saturated heterocycles. The lowest BCUT2D eigenvalue weighted by molar-refractivity contribution is -0.132. The van der Waals surface area contributed by atoms with Gasteiger partial charge in [0.05, 0.1) is 6.17 Å². The van der Waals surface area contributed by atoms with Crippen molar-refractivity contribution in [2.75, 3.05) is 11.5 Å². The fourth-order valence-corrected chi connectivity index (χ4v) is 4.32. The normalized spacial score (nSPS) is 28.1. The van der Waals surface area contributed by atoms with E-state index in [-0.39, 0.29) is 18.1 Å². The Morgan fingerprint density at radius 2 is 1.95 bits per heavy atom. The Bertz CT molecular complexity index is 459. The second-order valence-electron chi connectivity index (χ2n) is 5.52. The number of thioether (sulfide) groups is 1. The molecule has 3 rings (SSSR count). The minimum Gasteiger partial charge on any atom is -0.322 e. The molecule has 2 aliphatic heterocycles. The maximum Gasteiger partial charge on any atom is 0.245 e. The van der Waals surface area contributed by atoms with Crippen molar-refractivity contribution in [3.8, 4) is 0 Å². The summed E-state index contributed by atoms with van der Waals surface area (Å²) in [6.45, 7) is 2.16. The van der Waals surface area contributed by atoms with Crippen LogP contribution in [0.4, 0.5) is 0 Å². The van der Waals surface area contributed by atoms with Gasteiger partial charge in [-0.15, -0.1) is 0 Å². The number of hydrogen-bond donors (Lipinski definition) is 1. The van der Waals surface area contributed by atoms with Crippen LogP contribution in [0.15, 0.2) is 30.3 Å². The Morgan fingerprint density at radius 1 is 1.25 bits per heavy atom. The number of carbonyl (C=O) groups excluding carboxylic acids is 1. The predicted octanol–water partition coefficient (Wildman–Crippen LogP) is 2.79. The second-order valence-corrected chi connectivity index (χ2v) is 6.75. The highest BCUT2D eigenvalue weighted by atomic mass is 32.2. The van der Waals surface area contributed by atoms with E-state index >= 15 is 0 Å². The lowest BCUT2D eigenvalue weighted by Gasteiger charge is -2.34. The van der Waals surface area contributed by atoms with Gasteiger partial charge >= 0.3 is 0 Å². The third kappa shape index (κ3) is 2.59. The first-order valence-corrected chi connectivity index (χ1v) is 8.67. The molecule has 0 bridgehead atoms. The van der Waals surface area contributed by atoms with Crippen LogP contribution in [0.1, 0.15) is 37.8 Å². The zero-order valence-electron chi connectivity index (χ0n) is 11.9. The van der Waals surface area contributed by atoms with Gasteiger partial charge in [-0.3, -0.25) is 10.1 Å². The molecule has 1 aromatic rings. The van der Waals surface area contributed by atoms with Crippen molar-refractivity contribution < 1.29 is 4.79 Å². The summed E-state index contributed by atoms with van der Waals surface area (Å²) in [5.41, 5.74) is 1.09. The van der Waals surface area contributed by atoms with E-state index in [1.807, 2.05) is 42.1 Å². The molecule has 4 heteroatoms. The summed E-state index contributed by atoms with van der Waals surface area (Å²) < 4.78 is 0.